The second-order valence-corrected chi connectivity index (χ2v) is 7.58. The molecule has 1 aromatic carbocycles. The van der Waals surface area contributed by atoms with Crippen molar-refractivity contribution >= 4 is 11.6 Å². The number of aryl methyl sites for hydroxylation is 2. The number of hydrogen-bond donors (Lipinski definition) is 0. The quantitative estimate of drug-likeness (QED) is 0.665. The van der Waals surface area contributed by atoms with Crippen molar-refractivity contribution in [2.45, 2.75) is 39.8 Å². The molecule has 2 aromatic heterocycles. The van der Waals surface area contributed by atoms with Gasteiger partial charge in [-0.3, -0.25) is 9.78 Å². The van der Waals surface area contributed by atoms with E-state index in [-0.39, 0.29) is 5.91 Å². The monoisotopic (exact) mass is 393 g/mol. The molecule has 0 spiro atoms. The zero-order chi connectivity index (χ0) is 20.8. The van der Waals surface area contributed by atoms with Crippen LogP contribution in [-0.4, -0.2) is 28.8 Å². The molecule has 1 aliphatic heterocycles. The fourth-order valence-corrected chi connectivity index (χ4v) is 3.66. The predicted octanol–water partition coefficient (Wildman–Crippen LogP) is 4.07. The molecule has 150 valence electrons. The summed E-state index contributed by atoms with van der Waals surface area (Å²) < 4.78 is 17.1. The summed E-state index contributed by atoms with van der Waals surface area (Å²) in [6.07, 6.45) is 3.46. The van der Waals surface area contributed by atoms with Gasteiger partial charge in [-0.25, -0.2) is 0 Å². The molecule has 1 amide bonds. The lowest BCUT2D eigenvalue weighted by molar-refractivity contribution is -0.132. The van der Waals surface area contributed by atoms with Gasteiger partial charge in [0.1, 0.15) is 17.3 Å². The van der Waals surface area contributed by atoms with E-state index in [0.717, 1.165) is 22.4 Å². The van der Waals surface area contributed by atoms with Crippen LogP contribution < -0.4 is 14.4 Å². The van der Waals surface area contributed by atoms with Gasteiger partial charge in [-0.05, 0) is 45.4 Å². The van der Waals surface area contributed by atoms with Gasteiger partial charge in [0.2, 0.25) is 0 Å². The van der Waals surface area contributed by atoms with Gasteiger partial charge in [0.05, 0.1) is 30.6 Å². The average Bonchev–Trinajstić information content (AvgIpc) is 3.03. The Kier molecular flexibility index (Phi) is 4.53. The van der Waals surface area contributed by atoms with Crippen LogP contribution in [0.5, 0.6) is 11.5 Å². The van der Waals surface area contributed by atoms with E-state index in [0.29, 0.717) is 29.5 Å². The van der Waals surface area contributed by atoms with Crippen molar-refractivity contribution in [1.29, 1.82) is 0 Å². The highest BCUT2D eigenvalue weighted by Gasteiger charge is 2.41. The van der Waals surface area contributed by atoms with Crippen LogP contribution in [0.4, 0.5) is 5.69 Å². The van der Waals surface area contributed by atoms with Gasteiger partial charge in [-0.15, -0.1) is 0 Å². The lowest BCUT2D eigenvalue weighted by Gasteiger charge is -2.39. The first-order chi connectivity index (χ1) is 13.8. The molecule has 7 nitrogen and oxygen atoms in total. The highest BCUT2D eigenvalue weighted by Crippen LogP contribution is 2.46. The molecule has 29 heavy (non-hydrogen) atoms. The molecule has 4 rings (SSSR count). The second-order valence-electron chi connectivity index (χ2n) is 7.58. The van der Waals surface area contributed by atoms with Gasteiger partial charge >= 0.3 is 0 Å². The van der Waals surface area contributed by atoms with Crippen LogP contribution in [0.3, 0.4) is 0 Å². The van der Waals surface area contributed by atoms with Crippen molar-refractivity contribution in [1.82, 2.24) is 10.1 Å². The molecule has 3 aromatic rings. The van der Waals surface area contributed by atoms with Gasteiger partial charge in [-0.1, -0.05) is 11.2 Å². The predicted molar refractivity (Wildman–Crippen MR) is 108 cm³/mol. The van der Waals surface area contributed by atoms with E-state index < -0.39 is 5.60 Å². The maximum absolute atomic E-state index is 13.2. The Bertz CT molecular complexity index is 1050. The fourth-order valence-electron chi connectivity index (χ4n) is 3.66. The maximum Gasteiger partial charge on any atom is 0.271 e. The number of rotatable bonds is 4. The number of carbonyl (C=O) groups excluding carboxylic acids is 1. The van der Waals surface area contributed by atoms with Crippen LogP contribution in [0, 0.1) is 13.8 Å². The summed E-state index contributed by atoms with van der Waals surface area (Å²) in [4.78, 5) is 19.0. The van der Waals surface area contributed by atoms with Crippen molar-refractivity contribution in [2.24, 2.45) is 0 Å². The van der Waals surface area contributed by atoms with Gasteiger partial charge in [-0.2, -0.15) is 0 Å². The van der Waals surface area contributed by atoms with Crippen molar-refractivity contribution in [3.63, 3.8) is 0 Å². The van der Waals surface area contributed by atoms with Gasteiger partial charge in [0.25, 0.3) is 5.91 Å². The van der Waals surface area contributed by atoms with Crippen molar-refractivity contribution < 1.29 is 18.8 Å². The number of hydrogen-bond acceptors (Lipinski definition) is 6. The Morgan fingerprint density at radius 3 is 2.66 bits per heavy atom. The molecule has 0 atom stereocenters. The van der Waals surface area contributed by atoms with Crippen LogP contribution in [0.2, 0.25) is 0 Å². The number of pyridine rings is 1. The van der Waals surface area contributed by atoms with Crippen LogP contribution >= 0.6 is 0 Å². The third-order valence-corrected chi connectivity index (χ3v) is 5.06. The number of amides is 1. The SMILES string of the molecule is COc1cc2c(cc1-c1c(C)noc1C)OC(C)(C)C(=O)N2Cc1cccnc1. The number of ether oxygens (including phenoxy) is 2. The molecule has 0 saturated heterocycles. The Morgan fingerprint density at radius 1 is 1.24 bits per heavy atom. The summed E-state index contributed by atoms with van der Waals surface area (Å²) in [6, 6.07) is 7.52. The molecule has 0 bridgehead atoms. The van der Waals surface area contributed by atoms with Gasteiger partial charge in [0.15, 0.2) is 5.60 Å². The molecule has 0 saturated carbocycles. The number of fused-ring (bicyclic) bond motifs is 1. The third-order valence-electron chi connectivity index (χ3n) is 5.06. The van der Waals surface area contributed by atoms with E-state index in [2.05, 4.69) is 10.1 Å². The zero-order valence-corrected chi connectivity index (χ0v) is 17.1. The van der Waals surface area contributed by atoms with Gasteiger partial charge < -0.3 is 18.9 Å². The number of methoxy groups -OCH3 is 1. The van der Waals surface area contributed by atoms with Crippen molar-refractivity contribution in [2.75, 3.05) is 12.0 Å². The van der Waals surface area contributed by atoms with Crippen LogP contribution in [0.25, 0.3) is 11.1 Å². The minimum Gasteiger partial charge on any atom is -0.496 e. The lowest BCUT2D eigenvalue weighted by atomic mass is 9.98. The first kappa shape index (κ1) is 19.0. The highest BCUT2D eigenvalue weighted by molar-refractivity contribution is 6.03. The Morgan fingerprint density at radius 2 is 2.03 bits per heavy atom. The molecule has 3 heterocycles. The van der Waals surface area contributed by atoms with Crippen LogP contribution in [0.1, 0.15) is 30.9 Å². The summed E-state index contributed by atoms with van der Waals surface area (Å²) >= 11 is 0. The lowest BCUT2D eigenvalue weighted by Crippen LogP contribution is -2.52. The Hall–Kier alpha value is -3.35. The molecular weight excluding hydrogens is 370 g/mol. The number of benzene rings is 1. The first-order valence-corrected chi connectivity index (χ1v) is 9.37. The second kappa shape index (κ2) is 6.92. The summed E-state index contributed by atoms with van der Waals surface area (Å²) in [7, 11) is 1.60. The van der Waals surface area contributed by atoms with Crippen LogP contribution in [0.15, 0.2) is 41.2 Å². The molecule has 0 fully saturated rings. The summed E-state index contributed by atoms with van der Waals surface area (Å²) in [5, 5.41) is 4.05. The summed E-state index contributed by atoms with van der Waals surface area (Å²) in [6.45, 7) is 7.67. The van der Waals surface area contributed by atoms with Crippen molar-refractivity contribution in [3.8, 4) is 22.6 Å². The minimum absolute atomic E-state index is 0.124. The van der Waals surface area contributed by atoms with E-state index in [9.17, 15) is 4.79 Å². The van der Waals surface area contributed by atoms with E-state index in [4.69, 9.17) is 14.0 Å². The number of nitrogens with zero attached hydrogens (tertiary/aromatic N) is 3. The molecule has 7 heteroatoms. The number of carbonyl (C=O) groups is 1. The largest absolute Gasteiger partial charge is 0.496 e. The zero-order valence-electron chi connectivity index (χ0n) is 17.1. The fraction of sp³-hybridized carbons (Fsp3) is 0.318. The molecule has 0 unspecified atom stereocenters. The maximum atomic E-state index is 13.2. The summed E-state index contributed by atoms with van der Waals surface area (Å²) in [5.74, 6) is 1.79. The summed E-state index contributed by atoms with van der Waals surface area (Å²) in [5.41, 5.74) is 3.03. The molecular formula is C22H23N3O4. The molecule has 0 radical (unpaired) electrons. The van der Waals surface area contributed by atoms with E-state index >= 15 is 0 Å². The molecule has 0 aliphatic carbocycles. The smallest absolute Gasteiger partial charge is 0.271 e. The van der Waals surface area contributed by atoms with Gasteiger partial charge in [0, 0.05) is 24.0 Å². The number of aromatic nitrogens is 2. The van der Waals surface area contributed by atoms with E-state index in [1.807, 2.05) is 38.1 Å². The Balaban J connectivity index is 1.88. The van der Waals surface area contributed by atoms with Crippen LogP contribution in [-0.2, 0) is 11.3 Å². The normalized spacial score (nSPS) is 15.1. The molecule has 0 N–H and O–H groups in total. The standard InChI is InChI=1S/C22H23N3O4/c1-13-20(14(2)29-24-13)16-9-19-17(10-18(16)27-5)25(21(26)22(3,4)28-19)12-15-7-6-8-23-11-15/h6-11H,12H2,1-5H3. The molecule has 1 aliphatic rings. The van der Waals surface area contributed by atoms with E-state index in [1.165, 1.54) is 0 Å². The average molecular weight is 393 g/mol. The highest BCUT2D eigenvalue weighted by atomic mass is 16.5. The third kappa shape index (κ3) is 3.22. The topological polar surface area (TPSA) is 77.7 Å². The minimum atomic E-state index is -1.00. The number of anilines is 1. The Labute approximate surface area is 169 Å². The van der Waals surface area contributed by atoms with E-state index in [1.54, 1.807) is 38.3 Å². The van der Waals surface area contributed by atoms with Crippen molar-refractivity contribution in [3.05, 3.63) is 53.7 Å². The first-order valence-electron chi connectivity index (χ1n) is 9.37.